The lowest BCUT2D eigenvalue weighted by Crippen LogP contribution is -2.61. The first-order valence-electron chi connectivity index (χ1n) is 15.1. The van der Waals surface area contributed by atoms with Gasteiger partial charge in [-0.2, -0.15) is 0 Å². The fourth-order valence-electron chi connectivity index (χ4n) is 7.77. The Hall–Kier alpha value is -2.48. The molecule has 1 unspecified atom stereocenters. The molecule has 1 atom stereocenters. The second kappa shape index (κ2) is 11.2. The zero-order valence-corrected chi connectivity index (χ0v) is 23.7. The summed E-state index contributed by atoms with van der Waals surface area (Å²) in [6.07, 6.45) is 9.01. The number of primary amides is 1. The summed E-state index contributed by atoms with van der Waals surface area (Å²) in [6, 6.07) is 14.8. The number of carbonyl (C=O) groups is 1. The van der Waals surface area contributed by atoms with Gasteiger partial charge in [0, 0.05) is 70.3 Å². The molecule has 1 aromatic carbocycles. The monoisotopic (exact) mass is 531 g/mol. The Morgan fingerprint density at radius 3 is 2.41 bits per heavy atom. The molecule has 1 aromatic heterocycles. The maximum absolute atomic E-state index is 11.4. The number of aromatic nitrogens is 1. The number of hydrogen-bond donors (Lipinski definition) is 1. The summed E-state index contributed by atoms with van der Waals surface area (Å²) in [5.41, 5.74) is 9.39. The van der Waals surface area contributed by atoms with Crippen LogP contribution < -0.4 is 10.6 Å². The Morgan fingerprint density at radius 1 is 1.00 bits per heavy atom. The Labute approximate surface area is 233 Å². The van der Waals surface area contributed by atoms with Crippen molar-refractivity contribution in [2.24, 2.45) is 11.1 Å². The number of benzene rings is 1. The molecule has 7 nitrogen and oxygen atoms in total. The second-order valence-corrected chi connectivity index (χ2v) is 12.7. The maximum atomic E-state index is 11.4. The molecule has 7 heteroatoms. The van der Waals surface area contributed by atoms with E-state index in [2.05, 4.69) is 57.8 Å². The third kappa shape index (κ3) is 5.46. The average molecular weight is 532 g/mol. The molecule has 2 N–H and O–H groups in total. The Morgan fingerprint density at radius 2 is 1.74 bits per heavy atom. The molecule has 0 bridgehead atoms. The van der Waals surface area contributed by atoms with Crippen molar-refractivity contribution in [2.45, 2.75) is 76.4 Å². The van der Waals surface area contributed by atoms with E-state index in [-0.39, 0.29) is 0 Å². The molecule has 210 valence electrons. The van der Waals surface area contributed by atoms with Crippen LogP contribution in [0.5, 0.6) is 0 Å². The molecule has 3 aliphatic heterocycles. The third-order valence-electron chi connectivity index (χ3n) is 10.1. The van der Waals surface area contributed by atoms with Crippen LogP contribution in [0.2, 0.25) is 0 Å². The first-order chi connectivity index (χ1) is 18.9. The van der Waals surface area contributed by atoms with Crippen molar-refractivity contribution in [1.29, 1.82) is 0 Å². The zero-order valence-electron chi connectivity index (χ0n) is 23.7. The lowest BCUT2D eigenvalue weighted by Gasteiger charge is -2.59. The largest absolute Gasteiger partial charge is 0.381 e. The summed E-state index contributed by atoms with van der Waals surface area (Å²) in [7, 11) is 0. The van der Waals surface area contributed by atoms with Gasteiger partial charge in [0.1, 0.15) is 5.82 Å². The summed E-state index contributed by atoms with van der Waals surface area (Å²) in [5, 5.41) is 0. The number of rotatable bonds is 6. The van der Waals surface area contributed by atoms with Crippen molar-refractivity contribution in [1.82, 2.24) is 14.8 Å². The highest BCUT2D eigenvalue weighted by Gasteiger charge is 2.50. The van der Waals surface area contributed by atoms with Crippen LogP contribution in [-0.2, 0) is 4.74 Å². The average Bonchev–Trinajstić information content (AvgIpc) is 2.96. The van der Waals surface area contributed by atoms with Gasteiger partial charge in [-0.3, -0.25) is 14.6 Å². The summed E-state index contributed by atoms with van der Waals surface area (Å²) in [6.45, 7) is 12.0. The lowest BCUT2D eigenvalue weighted by molar-refractivity contribution is -0.0751. The van der Waals surface area contributed by atoms with Crippen molar-refractivity contribution >= 4 is 11.7 Å². The number of nitrogens with two attached hydrogens (primary N) is 1. The van der Waals surface area contributed by atoms with Crippen LogP contribution in [0, 0.1) is 5.41 Å². The van der Waals surface area contributed by atoms with Crippen molar-refractivity contribution < 1.29 is 9.53 Å². The number of amides is 1. The standard InChI is InChI=1S/C32H45N5O2/c1-23(2)27-5-3-4-6-28(27)29-22-36(25-9-17-39-18-10-25)15-16-37(29)26-19-32(20-26)11-13-35(14-12-32)30-8-7-24(21-34-30)31(33)38/h3-8,21,23,25-26,29H,9-20,22H2,1-2H3,(H2,33,38). The SMILES string of the molecule is CC(C)c1ccccc1C1CN(C2CCOCC2)CCN1C1CC2(CCN(c3ccc(C(N)=O)cn3)CC2)C1. The minimum absolute atomic E-state index is 0.421. The highest BCUT2D eigenvalue weighted by Crippen LogP contribution is 2.53. The molecule has 6 rings (SSSR count). The fourth-order valence-corrected chi connectivity index (χ4v) is 7.77. The molecule has 0 radical (unpaired) electrons. The van der Waals surface area contributed by atoms with Gasteiger partial charge in [0.25, 0.3) is 0 Å². The number of anilines is 1. The molecule has 1 saturated carbocycles. The van der Waals surface area contributed by atoms with E-state index in [1.165, 1.54) is 50.6 Å². The Kier molecular flexibility index (Phi) is 7.66. The molecule has 1 amide bonds. The van der Waals surface area contributed by atoms with E-state index in [1.54, 1.807) is 17.8 Å². The van der Waals surface area contributed by atoms with E-state index in [0.717, 1.165) is 45.2 Å². The van der Waals surface area contributed by atoms with Gasteiger partial charge in [0.15, 0.2) is 0 Å². The van der Waals surface area contributed by atoms with Crippen molar-refractivity contribution in [3.63, 3.8) is 0 Å². The predicted octanol–water partition coefficient (Wildman–Crippen LogP) is 4.59. The van der Waals surface area contributed by atoms with Crippen molar-refractivity contribution in [2.75, 3.05) is 50.8 Å². The smallest absolute Gasteiger partial charge is 0.250 e. The maximum Gasteiger partial charge on any atom is 0.250 e. The number of hydrogen-bond acceptors (Lipinski definition) is 6. The molecule has 4 aliphatic rings. The van der Waals surface area contributed by atoms with Crippen molar-refractivity contribution in [3.05, 3.63) is 59.3 Å². The van der Waals surface area contributed by atoms with Gasteiger partial charge in [-0.15, -0.1) is 0 Å². The van der Waals surface area contributed by atoms with Gasteiger partial charge in [-0.1, -0.05) is 38.1 Å². The van der Waals surface area contributed by atoms with Gasteiger partial charge in [0.05, 0.1) is 5.56 Å². The fraction of sp³-hybridized carbons (Fsp3) is 0.625. The second-order valence-electron chi connectivity index (χ2n) is 12.7. The first kappa shape index (κ1) is 26.7. The molecular formula is C32H45N5O2. The van der Waals surface area contributed by atoms with E-state index in [0.29, 0.717) is 35.0 Å². The van der Waals surface area contributed by atoms with E-state index in [1.807, 2.05) is 6.07 Å². The molecule has 1 aliphatic carbocycles. The van der Waals surface area contributed by atoms with Gasteiger partial charge < -0.3 is 15.4 Å². The van der Waals surface area contributed by atoms with Crippen LogP contribution >= 0.6 is 0 Å². The molecule has 4 fully saturated rings. The molecule has 3 saturated heterocycles. The number of piperazine rings is 1. The van der Waals surface area contributed by atoms with Gasteiger partial charge in [-0.05, 0) is 73.1 Å². The number of carbonyl (C=O) groups excluding carboxylic acids is 1. The summed E-state index contributed by atoms with van der Waals surface area (Å²) in [4.78, 5) is 24.0. The highest BCUT2D eigenvalue weighted by molar-refractivity contribution is 5.92. The van der Waals surface area contributed by atoms with Crippen molar-refractivity contribution in [3.8, 4) is 0 Å². The normalized spacial score (nSPS) is 25.2. The van der Waals surface area contributed by atoms with E-state index >= 15 is 0 Å². The number of pyridine rings is 1. The molecule has 39 heavy (non-hydrogen) atoms. The molecule has 2 aromatic rings. The number of ether oxygens (including phenoxy) is 1. The number of nitrogens with zero attached hydrogens (tertiary/aromatic N) is 4. The minimum Gasteiger partial charge on any atom is -0.381 e. The number of piperidine rings is 1. The van der Waals surface area contributed by atoms with Crippen LogP contribution in [-0.4, -0.2) is 78.7 Å². The molecule has 1 spiro atoms. The molecular weight excluding hydrogens is 486 g/mol. The Bertz CT molecular complexity index is 1130. The zero-order chi connectivity index (χ0) is 27.0. The Balaban J connectivity index is 1.13. The van der Waals surface area contributed by atoms with Gasteiger partial charge >= 0.3 is 0 Å². The van der Waals surface area contributed by atoms with E-state index in [9.17, 15) is 4.79 Å². The predicted molar refractivity (Wildman–Crippen MR) is 155 cm³/mol. The summed E-state index contributed by atoms with van der Waals surface area (Å²) >= 11 is 0. The first-order valence-corrected chi connectivity index (χ1v) is 15.1. The highest BCUT2D eigenvalue weighted by atomic mass is 16.5. The van der Waals surface area contributed by atoms with Gasteiger partial charge in [-0.25, -0.2) is 4.98 Å². The van der Waals surface area contributed by atoms with E-state index in [4.69, 9.17) is 10.5 Å². The molecule has 4 heterocycles. The lowest BCUT2D eigenvalue weighted by atomic mass is 9.59. The summed E-state index contributed by atoms with van der Waals surface area (Å²) in [5.74, 6) is 1.07. The topological polar surface area (TPSA) is 74.9 Å². The van der Waals surface area contributed by atoms with Crippen LogP contribution in [0.4, 0.5) is 5.82 Å². The van der Waals surface area contributed by atoms with Crippen LogP contribution in [0.25, 0.3) is 0 Å². The van der Waals surface area contributed by atoms with Gasteiger partial charge in [0.2, 0.25) is 5.91 Å². The van der Waals surface area contributed by atoms with Crippen LogP contribution in [0.1, 0.15) is 85.8 Å². The third-order valence-corrected chi connectivity index (χ3v) is 10.1. The van der Waals surface area contributed by atoms with Crippen LogP contribution in [0.3, 0.4) is 0 Å². The minimum atomic E-state index is -0.421. The summed E-state index contributed by atoms with van der Waals surface area (Å²) < 4.78 is 5.69. The van der Waals surface area contributed by atoms with Crippen LogP contribution in [0.15, 0.2) is 42.6 Å². The van der Waals surface area contributed by atoms with E-state index < -0.39 is 5.91 Å². The quantitative estimate of drug-likeness (QED) is 0.588.